The first-order chi connectivity index (χ1) is 13.2. The summed E-state index contributed by atoms with van der Waals surface area (Å²) in [5.74, 6) is 2.32. The normalized spacial score (nSPS) is 14.0. The van der Waals surface area contributed by atoms with Gasteiger partial charge in [0.25, 0.3) is 5.91 Å². The van der Waals surface area contributed by atoms with Crippen LogP contribution in [0.5, 0.6) is 5.75 Å². The predicted octanol–water partition coefficient (Wildman–Crippen LogP) is 4.36. The van der Waals surface area contributed by atoms with E-state index in [1.54, 1.807) is 31.2 Å². The summed E-state index contributed by atoms with van der Waals surface area (Å²) in [6.07, 6.45) is 0. The number of anilines is 1. The van der Waals surface area contributed by atoms with E-state index in [-0.39, 0.29) is 12.5 Å². The highest BCUT2D eigenvalue weighted by molar-refractivity contribution is 8.19. The highest BCUT2D eigenvalue weighted by atomic mass is 32.2. The van der Waals surface area contributed by atoms with Gasteiger partial charge < -0.3 is 14.8 Å². The summed E-state index contributed by atoms with van der Waals surface area (Å²) in [4.78, 5) is 23.9. The SMILES string of the molecule is CCOC(=O)c1cccc(NC(=O)COc2ccc(C3SCCS3)cc2)c1. The van der Waals surface area contributed by atoms with Gasteiger partial charge in [-0.05, 0) is 42.8 Å². The second-order valence-electron chi connectivity index (χ2n) is 5.78. The molecule has 3 rings (SSSR count). The first kappa shape index (κ1) is 19.6. The fraction of sp³-hybridized carbons (Fsp3) is 0.300. The standard InChI is InChI=1S/C20H21NO4S2/c1-2-24-19(23)15-4-3-5-16(12-15)21-18(22)13-25-17-8-6-14(7-9-17)20-26-10-11-27-20/h3-9,12,20H,2,10-11,13H2,1H3,(H,21,22). The Bertz CT molecular complexity index is 789. The van der Waals surface area contributed by atoms with Gasteiger partial charge in [-0.25, -0.2) is 4.79 Å². The van der Waals surface area contributed by atoms with Crippen molar-refractivity contribution in [2.45, 2.75) is 11.5 Å². The molecule has 0 aromatic heterocycles. The lowest BCUT2D eigenvalue weighted by Crippen LogP contribution is -2.20. The van der Waals surface area contributed by atoms with E-state index in [2.05, 4.69) is 5.32 Å². The van der Waals surface area contributed by atoms with Gasteiger partial charge in [-0.2, -0.15) is 0 Å². The van der Waals surface area contributed by atoms with Crippen LogP contribution in [0.2, 0.25) is 0 Å². The van der Waals surface area contributed by atoms with Crippen LogP contribution in [0.25, 0.3) is 0 Å². The number of rotatable bonds is 7. The summed E-state index contributed by atoms with van der Waals surface area (Å²) in [6.45, 7) is 1.95. The van der Waals surface area contributed by atoms with Gasteiger partial charge in [0.1, 0.15) is 5.75 Å². The number of carbonyl (C=O) groups is 2. The molecule has 1 saturated heterocycles. The molecule has 0 bridgehead atoms. The second kappa shape index (κ2) is 9.71. The molecule has 5 nitrogen and oxygen atoms in total. The fourth-order valence-corrected chi connectivity index (χ4v) is 5.42. The first-order valence-electron chi connectivity index (χ1n) is 8.68. The summed E-state index contributed by atoms with van der Waals surface area (Å²) in [7, 11) is 0. The molecule has 2 aromatic rings. The Labute approximate surface area is 167 Å². The van der Waals surface area contributed by atoms with Crippen LogP contribution in [0.15, 0.2) is 48.5 Å². The average Bonchev–Trinajstić information content (AvgIpc) is 3.22. The van der Waals surface area contributed by atoms with Crippen LogP contribution in [0.4, 0.5) is 5.69 Å². The zero-order chi connectivity index (χ0) is 19.1. The summed E-state index contributed by atoms with van der Waals surface area (Å²) >= 11 is 3.90. The predicted molar refractivity (Wildman–Crippen MR) is 111 cm³/mol. The number of ether oxygens (including phenoxy) is 2. The number of esters is 1. The molecule has 1 aliphatic heterocycles. The van der Waals surface area contributed by atoms with Crippen LogP contribution in [0, 0.1) is 0 Å². The molecule has 1 fully saturated rings. The van der Waals surface area contributed by atoms with Gasteiger partial charge in [0, 0.05) is 17.2 Å². The molecule has 2 aromatic carbocycles. The smallest absolute Gasteiger partial charge is 0.338 e. The van der Waals surface area contributed by atoms with Crippen molar-refractivity contribution >= 4 is 41.1 Å². The lowest BCUT2D eigenvalue weighted by atomic mass is 10.2. The number of carbonyl (C=O) groups excluding carboxylic acids is 2. The van der Waals surface area contributed by atoms with E-state index in [0.29, 0.717) is 28.2 Å². The Kier molecular flexibility index (Phi) is 7.06. The molecule has 1 aliphatic rings. The maximum absolute atomic E-state index is 12.1. The number of nitrogens with one attached hydrogen (secondary N) is 1. The summed E-state index contributed by atoms with van der Waals surface area (Å²) in [6, 6.07) is 14.5. The molecular formula is C20H21NO4S2. The van der Waals surface area contributed by atoms with Crippen LogP contribution in [0.1, 0.15) is 27.4 Å². The molecule has 1 amide bonds. The highest BCUT2D eigenvalue weighted by Gasteiger charge is 2.18. The largest absolute Gasteiger partial charge is 0.484 e. The number of hydrogen-bond acceptors (Lipinski definition) is 6. The van der Waals surface area contributed by atoms with Crippen molar-refractivity contribution in [3.05, 3.63) is 59.7 Å². The third-order valence-electron chi connectivity index (χ3n) is 3.80. The van der Waals surface area contributed by atoms with Gasteiger partial charge in [0.05, 0.1) is 16.8 Å². The Balaban J connectivity index is 1.51. The van der Waals surface area contributed by atoms with E-state index >= 15 is 0 Å². The Hall–Kier alpha value is -2.12. The topological polar surface area (TPSA) is 64.6 Å². The van der Waals surface area contributed by atoms with Crippen LogP contribution in [-0.4, -0.2) is 36.6 Å². The lowest BCUT2D eigenvalue weighted by Gasteiger charge is -2.11. The van der Waals surface area contributed by atoms with E-state index in [0.717, 1.165) is 0 Å². The Morgan fingerprint density at radius 1 is 1.11 bits per heavy atom. The fourth-order valence-electron chi connectivity index (χ4n) is 2.56. The van der Waals surface area contributed by atoms with Crippen molar-refractivity contribution in [3.8, 4) is 5.75 Å². The van der Waals surface area contributed by atoms with Crippen LogP contribution >= 0.6 is 23.5 Å². The summed E-state index contributed by atoms with van der Waals surface area (Å²) in [5, 5.41) is 2.73. The Morgan fingerprint density at radius 3 is 2.56 bits per heavy atom. The molecule has 0 spiro atoms. The molecule has 0 radical (unpaired) electrons. The van der Waals surface area contributed by atoms with Crippen LogP contribution in [0.3, 0.4) is 0 Å². The Morgan fingerprint density at radius 2 is 1.85 bits per heavy atom. The zero-order valence-electron chi connectivity index (χ0n) is 15.0. The van der Waals surface area contributed by atoms with Crippen molar-refractivity contribution < 1.29 is 19.1 Å². The molecule has 142 valence electrons. The van der Waals surface area contributed by atoms with Crippen LogP contribution < -0.4 is 10.1 Å². The third kappa shape index (κ3) is 5.68. The number of amides is 1. The van der Waals surface area contributed by atoms with Crippen LogP contribution in [-0.2, 0) is 9.53 Å². The zero-order valence-corrected chi connectivity index (χ0v) is 16.6. The maximum atomic E-state index is 12.1. The number of benzene rings is 2. The molecule has 1 N–H and O–H groups in total. The van der Waals surface area contributed by atoms with Crippen molar-refractivity contribution in [1.29, 1.82) is 0 Å². The second-order valence-corrected chi connectivity index (χ2v) is 8.51. The van der Waals surface area contributed by atoms with Crippen molar-refractivity contribution in [3.63, 3.8) is 0 Å². The van der Waals surface area contributed by atoms with E-state index in [4.69, 9.17) is 9.47 Å². The molecule has 0 saturated carbocycles. The average molecular weight is 404 g/mol. The van der Waals surface area contributed by atoms with Crippen molar-refractivity contribution in [2.24, 2.45) is 0 Å². The molecular weight excluding hydrogens is 382 g/mol. The minimum Gasteiger partial charge on any atom is -0.484 e. The number of thioether (sulfide) groups is 2. The van der Waals surface area contributed by atoms with Gasteiger partial charge in [-0.3, -0.25) is 4.79 Å². The first-order valence-corrected chi connectivity index (χ1v) is 10.8. The minimum atomic E-state index is -0.413. The summed E-state index contributed by atoms with van der Waals surface area (Å²) in [5.41, 5.74) is 2.20. The van der Waals surface area contributed by atoms with Crippen molar-refractivity contribution in [2.75, 3.05) is 30.0 Å². The monoisotopic (exact) mass is 403 g/mol. The van der Waals surface area contributed by atoms with Gasteiger partial charge >= 0.3 is 5.97 Å². The third-order valence-corrected chi connectivity index (χ3v) is 6.91. The van der Waals surface area contributed by atoms with Crippen molar-refractivity contribution in [1.82, 2.24) is 0 Å². The van der Waals surface area contributed by atoms with Gasteiger partial charge in [0.2, 0.25) is 0 Å². The molecule has 1 heterocycles. The summed E-state index contributed by atoms with van der Waals surface area (Å²) < 4.78 is 11.0. The molecule has 0 unspecified atom stereocenters. The molecule has 0 atom stereocenters. The quantitative estimate of drug-likeness (QED) is 0.693. The molecule has 7 heteroatoms. The van der Waals surface area contributed by atoms with E-state index in [9.17, 15) is 9.59 Å². The van der Waals surface area contributed by atoms with Gasteiger partial charge in [-0.1, -0.05) is 18.2 Å². The molecule has 0 aliphatic carbocycles. The highest BCUT2D eigenvalue weighted by Crippen LogP contribution is 2.45. The van der Waals surface area contributed by atoms with E-state index in [1.165, 1.54) is 17.1 Å². The maximum Gasteiger partial charge on any atom is 0.338 e. The van der Waals surface area contributed by atoms with E-state index in [1.807, 2.05) is 47.8 Å². The minimum absolute atomic E-state index is 0.101. The van der Waals surface area contributed by atoms with Gasteiger partial charge in [0.15, 0.2) is 6.61 Å². The molecule has 27 heavy (non-hydrogen) atoms. The lowest BCUT2D eigenvalue weighted by molar-refractivity contribution is -0.118. The van der Waals surface area contributed by atoms with E-state index < -0.39 is 5.97 Å². The number of hydrogen-bond donors (Lipinski definition) is 1. The van der Waals surface area contributed by atoms with Gasteiger partial charge in [-0.15, -0.1) is 23.5 Å².